The lowest BCUT2D eigenvalue weighted by Gasteiger charge is -2.35. The van der Waals surface area contributed by atoms with Gasteiger partial charge in [0.05, 0.1) is 24.9 Å². The molecule has 12 heteroatoms. The smallest absolute Gasteiger partial charge is 0.303 e. The zero-order valence-corrected chi connectivity index (χ0v) is 33.4. The molecule has 10 nitrogen and oxygen atoms in total. The first-order valence-corrected chi connectivity index (χ1v) is 19.4. The van der Waals surface area contributed by atoms with Crippen molar-refractivity contribution in [3.05, 3.63) is 83.8 Å². The quantitative estimate of drug-likeness (QED) is 0.0514. The first-order chi connectivity index (χ1) is 24.2. The van der Waals surface area contributed by atoms with Gasteiger partial charge < -0.3 is 19.1 Å². The van der Waals surface area contributed by atoms with Gasteiger partial charge >= 0.3 is 5.97 Å². The number of amides is 1. The molecule has 4 N–H and O–H groups in total. The summed E-state index contributed by atoms with van der Waals surface area (Å²) in [6.07, 6.45) is 17.1. The van der Waals surface area contributed by atoms with Gasteiger partial charge in [0.25, 0.3) is 5.91 Å². The maximum Gasteiger partial charge on any atom is 0.303 e. The highest BCUT2D eigenvalue weighted by Crippen LogP contribution is 2.39. The average Bonchev–Trinajstić information content (AvgIpc) is 3.36. The third kappa shape index (κ3) is 12.8. The lowest BCUT2D eigenvalue weighted by molar-refractivity contribution is -0.868. The third-order valence-corrected chi connectivity index (χ3v) is 9.71. The molecule has 0 bridgehead atoms. The molecular formula is C39H59N4O6S2+. The number of aliphatic imine (C=N–C) groups is 1. The fourth-order valence-electron chi connectivity index (χ4n) is 5.98. The van der Waals surface area contributed by atoms with Crippen LogP contribution in [-0.4, -0.2) is 76.0 Å². The molecule has 0 radical (unpaired) electrons. The number of hydrogen-bond acceptors (Lipinski definition) is 9. The largest absolute Gasteiger partial charge is 0.481 e. The maximum atomic E-state index is 13.1. The molecule has 282 valence electrons. The zero-order valence-electron chi connectivity index (χ0n) is 31.8. The molecule has 2 atom stereocenters. The number of allylic oxidation sites excluding steroid dienone is 6. The van der Waals surface area contributed by atoms with E-state index >= 15 is 0 Å². The number of likely N-dealkylation sites (N-methyl/N-ethyl adjacent to an activating group) is 1. The van der Waals surface area contributed by atoms with Crippen molar-refractivity contribution in [3.8, 4) is 0 Å². The van der Waals surface area contributed by atoms with Gasteiger partial charge in [-0.1, -0.05) is 73.1 Å². The Balaban J connectivity index is 0.00000442. The lowest BCUT2D eigenvalue weighted by atomic mass is 9.78. The Morgan fingerprint density at radius 2 is 1.73 bits per heavy atom. The van der Waals surface area contributed by atoms with E-state index in [9.17, 15) is 18.7 Å². The normalized spacial score (nSPS) is 18.5. The van der Waals surface area contributed by atoms with Crippen molar-refractivity contribution in [1.29, 1.82) is 0 Å². The van der Waals surface area contributed by atoms with Crippen LogP contribution in [0.5, 0.6) is 0 Å². The summed E-state index contributed by atoms with van der Waals surface area (Å²) >= 11 is 1.54. The summed E-state index contributed by atoms with van der Waals surface area (Å²) in [7, 11) is 3.07. The number of fused-ring (bicyclic) bond motifs is 1. The molecule has 2 aliphatic heterocycles. The first kappa shape index (κ1) is 44.0. The van der Waals surface area contributed by atoms with E-state index in [1.54, 1.807) is 7.05 Å². The molecule has 51 heavy (non-hydrogen) atoms. The standard InChI is InChI=1S/C37H52N4O6S2.C2H6/c1-36(2,3)32(41(23-13-9-12-17-33(42)43)28-18-20-29(49-46)21-19-28)16-11-8-10-15-31-37(4,5)30-25-27(35(44)39(6)47-7)26-40(34(30)38-31)22-14-24-48-45;1-2/h8,10-11,15-16,18-21,25-26,34,45-46H,9,12-14,17,22-24H2,1-7H3,(H,42,43);1-2H3/p+1/b11-8+,15-10+,32-16+;. The molecule has 2 unspecified atom stereocenters. The topological polar surface area (TPSA) is 127 Å². The monoisotopic (exact) mass is 743 g/mol. The minimum atomic E-state index is -0.771. The number of anilines is 1. The molecule has 1 aromatic carbocycles. The molecular weight excluding hydrogens is 685 g/mol. The third-order valence-electron chi connectivity index (χ3n) is 8.75. The Bertz CT molecular complexity index is 1480. The number of unbranched alkanes of at least 4 members (excludes halogenated alkanes) is 2. The van der Waals surface area contributed by atoms with Crippen molar-refractivity contribution in [2.75, 3.05) is 37.9 Å². The zero-order chi connectivity index (χ0) is 38.2. The number of carboxylic acid groups (broad SMARTS) is 1. The molecule has 1 amide bonds. The van der Waals surface area contributed by atoms with Crippen LogP contribution in [0.2, 0.25) is 0 Å². The molecule has 2 aliphatic rings. The van der Waals surface area contributed by atoms with Crippen LogP contribution in [0.1, 0.15) is 80.6 Å². The number of carbonyl (C=O) groups is 2. The SMILES string of the molecule is CC.CON(C)C(=O)C1=C[NH+](CCCSO)C2N=C(/C=C/C=C/C=C(/N(CCCCCC(=O)O)c3ccc(SO)cc3)C(C)(C)C)C(C)(C)C2=C1. The van der Waals surface area contributed by atoms with Crippen LogP contribution in [-0.2, 0) is 14.4 Å². The van der Waals surface area contributed by atoms with Crippen LogP contribution in [0.15, 0.2) is 93.7 Å². The van der Waals surface area contributed by atoms with Gasteiger partial charge in [0.1, 0.15) is 6.20 Å². The van der Waals surface area contributed by atoms with Crippen molar-refractivity contribution in [1.82, 2.24) is 5.06 Å². The van der Waals surface area contributed by atoms with Gasteiger partial charge in [-0.05, 0) is 67.4 Å². The highest BCUT2D eigenvalue weighted by atomic mass is 32.2. The van der Waals surface area contributed by atoms with Crippen LogP contribution in [0.4, 0.5) is 5.69 Å². The number of quaternary nitrogens is 1. The average molecular weight is 744 g/mol. The summed E-state index contributed by atoms with van der Waals surface area (Å²) in [5.74, 6) is -0.384. The van der Waals surface area contributed by atoms with E-state index in [0.29, 0.717) is 17.7 Å². The second-order valence-electron chi connectivity index (χ2n) is 13.7. The Labute approximate surface area is 314 Å². The second kappa shape index (κ2) is 21.4. The number of hydrogen-bond donors (Lipinski definition) is 4. The predicted molar refractivity (Wildman–Crippen MR) is 212 cm³/mol. The van der Waals surface area contributed by atoms with Gasteiger partial charge in [-0.2, -0.15) is 0 Å². The minimum absolute atomic E-state index is 0.154. The van der Waals surface area contributed by atoms with Gasteiger partial charge in [0, 0.05) is 76.9 Å². The molecule has 0 saturated carbocycles. The highest BCUT2D eigenvalue weighted by Gasteiger charge is 2.46. The van der Waals surface area contributed by atoms with Crippen molar-refractivity contribution in [2.24, 2.45) is 15.8 Å². The van der Waals surface area contributed by atoms with Crippen LogP contribution < -0.4 is 9.80 Å². The number of carboxylic acids is 1. The van der Waals surface area contributed by atoms with Crippen molar-refractivity contribution in [2.45, 2.75) is 91.6 Å². The Kier molecular flexibility index (Phi) is 18.5. The number of rotatable bonds is 18. The molecule has 0 aliphatic carbocycles. The van der Waals surface area contributed by atoms with Gasteiger partial charge in [-0.3, -0.25) is 19.3 Å². The summed E-state index contributed by atoms with van der Waals surface area (Å²) in [5.41, 5.74) is 4.07. The van der Waals surface area contributed by atoms with E-state index in [4.69, 9.17) is 14.9 Å². The number of carbonyl (C=O) groups excluding carboxylic acids is 1. The fraction of sp³-hybridized carbons (Fsp3) is 0.513. The van der Waals surface area contributed by atoms with E-state index in [2.05, 4.69) is 45.6 Å². The second-order valence-corrected chi connectivity index (χ2v) is 15.0. The highest BCUT2D eigenvalue weighted by molar-refractivity contribution is 7.93. The Morgan fingerprint density at radius 3 is 2.31 bits per heavy atom. The number of hydroxylamine groups is 2. The molecule has 0 saturated heterocycles. The molecule has 0 aromatic heterocycles. The Hall–Kier alpha value is -3.13. The molecule has 0 fully saturated rings. The van der Waals surface area contributed by atoms with E-state index in [-0.39, 0.29) is 23.9 Å². The van der Waals surface area contributed by atoms with E-state index in [0.717, 1.165) is 88.9 Å². The number of nitrogens with one attached hydrogen (secondary N) is 1. The summed E-state index contributed by atoms with van der Waals surface area (Å²) in [4.78, 5) is 38.5. The van der Waals surface area contributed by atoms with E-state index in [1.807, 2.05) is 74.7 Å². The molecule has 0 spiro atoms. The summed E-state index contributed by atoms with van der Waals surface area (Å²) in [6, 6.07) is 7.79. The van der Waals surface area contributed by atoms with Crippen LogP contribution in [0.25, 0.3) is 0 Å². The molecule has 2 heterocycles. The van der Waals surface area contributed by atoms with Crippen LogP contribution in [0.3, 0.4) is 0 Å². The van der Waals surface area contributed by atoms with Crippen LogP contribution in [0, 0.1) is 10.8 Å². The summed E-state index contributed by atoms with van der Waals surface area (Å²) in [5, 5.41) is 10.3. The number of aliphatic carboxylic acids is 1. The summed E-state index contributed by atoms with van der Waals surface area (Å²) < 4.78 is 18.8. The van der Waals surface area contributed by atoms with Crippen molar-refractivity contribution >= 4 is 47.4 Å². The lowest BCUT2D eigenvalue weighted by Crippen LogP contribution is -3.12. The van der Waals surface area contributed by atoms with Gasteiger partial charge in [-0.25, -0.2) is 10.1 Å². The summed E-state index contributed by atoms with van der Waals surface area (Å²) in [6.45, 7) is 16.2. The first-order valence-electron chi connectivity index (χ1n) is 17.7. The van der Waals surface area contributed by atoms with Crippen molar-refractivity contribution < 1.29 is 33.5 Å². The van der Waals surface area contributed by atoms with Crippen LogP contribution >= 0.6 is 24.1 Å². The maximum absolute atomic E-state index is 13.1. The van der Waals surface area contributed by atoms with E-state index < -0.39 is 11.4 Å². The Morgan fingerprint density at radius 1 is 1.04 bits per heavy atom. The number of benzene rings is 1. The van der Waals surface area contributed by atoms with Gasteiger partial charge in [0.15, 0.2) is 0 Å². The van der Waals surface area contributed by atoms with E-state index in [1.165, 1.54) is 12.2 Å². The molecule has 3 rings (SSSR count). The predicted octanol–water partition coefficient (Wildman–Crippen LogP) is 7.90. The molecule has 1 aromatic rings. The fourth-order valence-corrected chi connectivity index (χ4v) is 6.51. The van der Waals surface area contributed by atoms with Gasteiger partial charge in [0.2, 0.25) is 6.17 Å². The van der Waals surface area contributed by atoms with Gasteiger partial charge in [-0.15, -0.1) is 0 Å². The minimum Gasteiger partial charge on any atom is -0.481 e. The number of nitrogens with zero attached hydrogens (tertiary/aromatic N) is 3. The van der Waals surface area contributed by atoms with Crippen molar-refractivity contribution in [3.63, 3.8) is 0 Å².